The maximum atomic E-state index is 14.4. The molecule has 1 aliphatic rings. The Labute approximate surface area is 149 Å². The van der Waals surface area contributed by atoms with Crippen LogP contribution in [0.1, 0.15) is 18.1 Å². The van der Waals surface area contributed by atoms with Crippen molar-refractivity contribution in [3.05, 3.63) is 77.6 Å². The number of benzene rings is 2. The molecule has 1 aliphatic carbocycles. The number of allylic oxidation sites excluding steroid dienone is 4. The van der Waals surface area contributed by atoms with Gasteiger partial charge in [-0.15, -0.1) is 0 Å². The quantitative estimate of drug-likeness (QED) is 0.584. The molecule has 1 nitrogen and oxygen atoms in total. The molecule has 0 N–H and O–H groups in total. The molecule has 0 atom stereocenters. The molecule has 0 saturated heterocycles. The summed E-state index contributed by atoms with van der Waals surface area (Å²) in [6.07, 6.45) is 1.92. The van der Waals surface area contributed by atoms with Crippen LogP contribution >= 0.6 is 0 Å². The SMILES string of the molecule is CCOC1=CC=C(c2ccc(-c3ccc(C)cc3)cc2)C(F)(F)C1(F)F. The van der Waals surface area contributed by atoms with Crippen molar-refractivity contribution >= 4 is 5.57 Å². The molecule has 136 valence electrons. The van der Waals surface area contributed by atoms with Crippen molar-refractivity contribution in [3.63, 3.8) is 0 Å². The number of rotatable bonds is 4. The van der Waals surface area contributed by atoms with Crippen LogP contribution in [-0.2, 0) is 4.74 Å². The third-order valence-corrected chi connectivity index (χ3v) is 4.32. The van der Waals surface area contributed by atoms with Crippen LogP contribution in [0.15, 0.2) is 66.4 Å². The van der Waals surface area contributed by atoms with Gasteiger partial charge >= 0.3 is 11.8 Å². The third-order valence-electron chi connectivity index (χ3n) is 4.32. The second kappa shape index (κ2) is 6.63. The number of ether oxygens (including phenoxy) is 1. The van der Waals surface area contributed by atoms with Gasteiger partial charge in [-0.3, -0.25) is 0 Å². The second-order valence-electron chi connectivity index (χ2n) is 6.14. The van der Waals surface area contributed by atoms with Crippen molar-refractivity contribution < 1.29 is 22.3 Å². The molecular formula is C21H18F4O. The van der Waals surface area contributed by atoms with Gasteiger partial charge in [0.1, 0.15) is 0 Å². The highest BCUT2D eigenvalue weighted by Gasteiger charge is 2.63. The average molecular weight is 362 g/mol. The molecule has 2 aromatic rings. The van der Waals surface area contributed by atoms with E-state index in [9.17, 15) is 17.6 Å². The van der Waals surface area contributed by atoms with Crippen molar-refractivity contribution in [2.75, 3.05) is 6.61 Å². The lowest BCUT2D eigenvalue weighted by Gasteiger charge is -2.32. The van der Waals surface area contributed by atoms with Crippen molar-refractivity contribution in [1.82, 2.24) is 0 Å². The zero-order valence-corrected chi connectivity index (χ0v) is 14.4. The number of alkyl halides is 4. The number of hydrogen-bond donors (Lipinski definition) is 0. The lowest BCUT2D eigenvalue weighted by atomic mass is 9.89. The monoisotopic (exact) mass is 362 g/mol. The molecule has 0 spiro atoms. The second-order valence-corrected chi connectivity index (χ2v) is 6.14. The molecule has 0 radical (unpaired) electrons. The van der Waals surface area contributed by atoms with Gasteiger partial charge in [0.2, 0.25) is 0 Å². The van der Waals surface area contributed by atoms with Crippen molar-refractivity contribution in [3.8, 4) is 11.1 Å². The normalized spacial score (nSPS) is 18.1. The molecule has 0 unspecified atom stereocenters. The predicted molar refractivity (Wildman–Crippen MR) is 94.2 cm³/mol. The minimum atomic E-state index is -4.39. The van der Waals surface area contributed by atoms with E-state index in [1.165, 1.54) is 19.1 Å². The Kier molecular flexibility index (Phi) is 4.65. The van der Waals surface area contributed by atoms with Gasteiger partial charge in [-0.1, -0.05) is 54.1 Å². The minimum absolute atomic E-state index is 0.0531. The minimum Gasteiger partial charge on any atom is -0.492 e. The first kappa shape index (κ1) is 18.2. The van der Waals surface area contributed by atoms with Crippen LogP contribution in [0.3, 0.4) is 0 Å². The highest BCUT2D eigenvalue weighted by atomic mass is 19.3. The zero-order chi connectivity index (χ0) is 18.9. The van der Waals surface area contributed by atoms with E-state index in [0.717, 1.165) is 28.8 Å². The van der Waals surface area contributed by atoms with Crippen LogP contribution < -0.4 is 0 Å². The summed E-state index contributed by atoms with van der Waals surface area (Å²) in [5.41, 5.74) is 2.19. The Balaban J connectivity index is 1.97. The van der Waals surface area contributed by atoms with E-state index in [1.807, 2.05) is 31.2 Å². The lowest BCUT2D eigenvalue weighted by Crippen LogP contribution is -2.45. The maximum absolute atomic E-state index is 14.4. The van der Waals surface area contributed by atoms with Crippen LogP contribution in [0.5, 0.6) is 0 Å². The Hall–Kier alpha value is -2.56. The van der Waals surface area contributed by atoms with Gasteiger partial charge in [0.05, 0.1) is 6.61 Å². The summed E-state index contributed by atoms with van der Waals surface area (Å²) in [5, 5.41) is 0. The molecule has 5 heteroatoms. The van der Waals surface area contributed by atoms with Gasteiger partial charge in [0.25, 0.3) is 0 Å². The molecular weight excluding hydrogens is 344 g/mol. The lowest BCUT2D eigenvalue weighted by molar-refractivity contribution is -0.171. The Bertz CT molecular complexity index is 847. The van der Waals surface area contributed by atoms with E-state index in [4.69, 9.17) is 4.74 Å². The molecule has 0 fully saturated rings. The molecule has 0 amide bonds. The fourth-order valence-electron chi connectivity index (χ4n) is 2.85. The third kappa shape index (κ3) is 3.02. The Morgan fingerprint density at radius 1 is 0.731 bits per heavy atom. The topological polar surface area (TPSA) is 9.23 Å². The number of halogens is 4. The van der Waals surface area contributed by atoms with Crippen LogP contribution in [-0.4, -0.2) is 18.5 Å². The summed E-state index contributed by atoms with van der Waals surface area (Å²) in [4.78, 5) is 0. The molecule has 0 bridgehead atoms. The van der Waals surface area contributed by atoms with Gasteiger partial charge in [0.15, 0.2) is 5.76 Å². The molecule has 0 saturated carbocycles. The summed E-state index contributed by atoms with van der Waals surface area (Å²) >= 11 is 0. The summed E-state index contributed by atoms with van der Waals surface area (Å²) in [6, 6.07) is 13.9. The zero-order valence-electron chi connectivity index (χ0n) is 14.4. The van der Waals surface area contributed by atoms with Crippen LogP contribution in [0.25, 0.3) is 16.7 Å². The van der Waals surface area contributed by atoms with Gasteiger partial charge in [0, 0.05) is 5.57 Å². The van der Waals surface area contributed by atoms with Crippen molar-refractivity contribution in [1.29, 1.82) is 0 Å². The largest absolute Gasteiger partial charge is 0.492 e. The first-order valence-corrected chi connectivity index (χ1v) is 8.26. The Morgan fingerprint density at radius 3 is 1.77 bits per heavy atom. The van der Waals surface area contributed by atoms with Crippen molar-refractivity contribution in [2.45, 2.75) is 25.7 Å². The maximum Gasteiger partial charge on any atom is 0.370 e. The van der Waals surface area contributed by atoms with Gasteiger partial charge in [-0.2, -0.15) is 17.6 Å². The van der Waals surface area contributed by atoms with Crippen LogP contribution in [0.4, 0.5) is 17.6 Å². The molecule has 0 aliphatic heterocycles. The van der Waals surface area contributed by atoms with Crippen LogP contribution in [0, 0.1) is 6.92 Å². The highest BCUT2D eigenvalue weighted by molar-refractivity contribution is 5.77. The molecule has 0 aromatic heterocycles. The molecule has 26 heavy (non-hydrogen) atoms. The summed E-state index contributed by atoms with van der Waals surface area (Å²) in [5.74, 6) is -9.74. The van der Waals surface area contributed by atoms with Crippen LogP contribution in [0.2, 0.25) is 0 Å². The van der Waals surface area contributed by atoms with Gasteiger partial charge in [-0.25, -0.2) is 0 Å². The predicted octanol–water partition coefficient (Wildman–Crippen LogP) is 6.25. The van der Waals surface area contributed by atoms with E-state index in [1.54, 1.807) is 12.1 Å². The Morgan fingerprint density at radius 2 is 1.23 bits per heavy atom. The summed E-state index contributed by atoms with van der Waals surface area (Å²) < 4.78 is 61.9. The first-order valence-electron chi connectivity index (χ1n) is 8.26. The highest BCUT2D eigenvalue weighted by Crippen LogP contribution is 2.50. The van der Waals surface area contributed by atoms with Gasteiger partial charge in [-0.05, 0) is 42.7 Å². The summed E-state index contributed by atoms with van der Waals surface area (Å²) in [7, 11) is 0. The molecule has 3 rings (SSSR count). The standard InChI is InChI=1S/C21H18F4O/c1-3-26-19-13-12-18(20(22,23)21(19,24)25)17-10-8-16(9-11-17)15-6-4-14(2)5-7-15/h4-13H,3H2,1-2H3. The van der Waals surface area contributed by atoms with Crippen molar-refractivity contribution in [2.24, 2.45) is 0 Å². The van der Waals surface area contributed by atoms with E-state index in [0.29, 0.717) is 0 Å². The van der Waals surface area contributed by atoms with Gasteiger partial charge < -0.3 is 4.74 Å². The first-order chi connectivity index (χ1) is 12.3. The number of hydrogen-bond acceptors (Lipinski definition) is 1. The summed E-state index contributed by atoms with van der Waals surface area (Å²) in [6.45, 7) is 3.33. The fraction of sp³-hybridized carbons (Fsp3) is 0.238. The fourth-order valence-corrected chi connectivity index (χ4v) is 2.85. The number of aryl methyl sites for hydroxylation is 1. The van der Waals surface area contributed by atoms with E-state index in [-0.39, 0.29) is 12.2 Å². The smallest absolute Gasteiger partial charge is 0.370 e. The molecule has 2 aromatic carbocycles. The van der Waals surface area contributed by atoms with E-state index >= 15 is 0 Å². The molecule has 0 heterocycles. The average Bonchev–Trinajstić information content (AvgIpc) is 2.61. The van der Waals surface area contributed by atoms with E-state index in [2.05, 4.69) is 0 Å². The van der Waals surface area contributed by atoms with E-state index < -0.39 is 23.2 Å².